The van der Waals surface area contributed by atoms with Gasteiger partial charge in [-0.05, 0) is 55.2 Å². The van der Waals surface area contributed by atoms with Gasteiger partial charge in [0.1, 0.15) is 11.6 Å². The van der Waals surface area contributed by atoms with E-state index in [4.69, 9.17) is 4.74 Å². The molecule has 1 fully saturated rings. The summed E-state index contributed by atoms with van der Waals surface area (Å²) in [6.07, 6.45) is 2.98. The van der Waals surface area contributed by atoms with Gasteiger partial charge in [0.2, 0.25) is 15.8 Å². The number of hydrogen-bond donors (Lipinski definition) is 0. The minimum Gasteiger partial charge on any atom is -0.457 e. The zero-order valence-corrected chi connectivity index (χ0v) is 17.7. The number of rotatable bonds is 8. The van der Waals surface area contributed by atoms with Crippen molar-refractivity contribution in [2.24, 2.45) is 0 Å². The summed E-state index contributed by atoms with van der Waals surface area (Å²) in [6, 6.07) is 8.78. The normalized spacial score (nSPS) is 14.9. The molecule has 2 aromatic rings. The second-order valence-electron chi connectivity index (χ2n) is 7.32. The molecule has 6 nitrogen and oxygen atoms in total. The molecule has 1 aliphatic rings. The number of Topliss-reactive ketones (excluding diaryl/α,β-unsaturated/α-hetero) is 1. The molecule has 0 aromatic heterocycles. The monoisotopic (exact) mass is 451 g/mol. The van der Waals surface area contributed by atoms with E-state index >= 15 is 0 Å². The van der Waals surface area contributed by atoms with Crippen molar-refractivity contribution in [1.82, 2.24) is 4.31 Å². The van der Waals surface area contributed by atoms with Crippen molar-refractivity contribution in [3.8, 4) is 0 Å². The minimum absolute atomic E-state index is 0.0445. The Bertz CT molecular complexity index is 1050. The molecule has 0 N–H and O–H groups in total. The molecule has 166 valence electrons. The van der Waals surface area contributed by atoms with Gasteiger partial charge in [-0.1, -0.05) is 18.6 Å². The van der Waals surface area contributed by atoms with Crippen LogP contribution in [-0.4, -0.2) is 44.2 Å². The number of carbonyl (C=O) groups is 2. The number of nitrogens with zero attached hydrogens (tertiary/aromatic N) is 1. The topological polar surface area (TPSA) is 80.8 Å². The second kappa shape index (κ2) is 10.1. The van der Waals surface area contributed by atoms with Gasteiger partial charge >= 0.3 is 5.97 Å². The lowest BCUT2D eigenvalue weighted by molar-refractivity contribution is -0.142. The van der Waals surface area contributed by atoms with Gasteiger partial charge in [0.15, 0.2) is 6.61 Å². The minimum atomic E-state index is -3.51. The van der Waals surface area contributed by atoms with Crippen LogP contribution < -0.4 is 0 Å². The van der Waals surface area contributed by atoms with Gasteiger partial charge in [0.25, 0.3) is 0 Å². The molecule has 31 heavy (non-hydrogen) atoms. The van der Waals surface area contributed by atoms with Crippen molar-refractivity contribution in [1.29, 1.82) is 0 Å². The van der Waals surface area contributed by atoms with Gasteiger partial charge in [-0.3, -0.25) is 9.59 Å². The van der Waals surface area contributed by atoms with Crippen LogP contribution in [0.4, 0.5) is 8.78 Å². The number of ketones is 1. The molecule has 1 saturated heterocycles. The van der Waals surface area contributed by atoms with Crippen LogP contribution in [0, 0.1) is 11.6 Å². The van der Waals surface area contributed by atoms with Crippen LogP contribution in [0.2, 0.25) is 0 Å². The molecular weight excluding hydrogens is 428 g/mol. The molecule has 0 bridgehead atoms. The first-order valence-corrected chi connectivity index (χ1v) is 11.4. The van der Waals surface area contributed by atoms with E-state index in [1.54, 1.807) is 12.1 Å². The first-order chi connectivity index (χ1) is 14.8. The van der Waals surface area contributed by atoms with Gasteiger partial charge < -0.3 is 4.74 Å². The zero-order valence-electron chi connectivity index (χ0n) is 16.9. The van der Waals surface area contributed by atoms with E-state index in [2.05, 4.69) is 0 Å². The Balaban J connectivity index is 1.50. The highest BCUT2D eigenvalue weighted by Crippen LogP contribution is 2.21. The van der Waals surface area contributed by atoms with Crippen LogP contribution in [0.25, 0.3) is 0 Å². The quantitative estimate of drug-likeness (QED) is 0.453. The van der Waals surface area contributed by atoms with Gasteiger partial charge in [-0.2, -0.15) is 4.31 Å². The van der Waals surface area contributed by atoms with Gasteiger partial charge in [-0.25, -0.2) is 17.2 Å². The summed E-state index contributed by atoms with van der Waals surface area (Å²) < 4.78 is 58.4. The molecular formula is C22H23F2NO5S. The number of ether oxygens (including phenoxy) is 1. The lowest BCUT2D eigenvalue weighted by Gasteiger charge is -2.25. The third-order valence-corrected chi connectivity index (χ3v) is 7.00. The largest absolute Gasteiger partial charge is 0.457 e. The summed E-state index contributed by atoms with van der Waals surface area (Å²) in [4.78, 5) is 24.0. The third kappa shape index (κ3) is 5.95. The molecule has 0 atom stereocenters. The zero-order chi connectivity index (χ0) is 22.4. The number of hydrogen-bond acceptors (Lipinski definition) is 5. The Kier molecular flexibility index (Phi) is 7.50. The molecule has 0 aliphatic carbocycles. The van der Waals surface area contributed by atoms with Crippen molar-refractivity contribution >= 4 is 21.8 Å². The summed E-state index contributed by atoms with van der Waals surface area (Å²) in [6.45, 7) is 0.356. The molecule has 2 aromatic carbocycles. The van der Waals surface area contributed by atoms with Gasteiger partial charge in [0.05, 0.1) is 10.5 Å². The van der Waals surface area contributed by atoms with Crippen LogP contribution in [0.15, 0.2) is 47.4 Å². The fourth-order valence-corrected chi connectivity index (χ4v) is 4.85. The van der Waals surface area contributed by atoms with E-state index in [0.717, 1.165) is 43.0 Å². The third-order valence-electron chi connectivity index (χ3n) is 5.09. The maximum Gasteiger partial charge on any atom is 0.306 e. The Morgan fingerprint density at radius 3 is 2.32 bits per heavy atom. The van der Waals surface area contributed by atoms with E-state index in [0.29, 0.717) is 13.1 Å². The average Bonchev–Trinajstić information content (AvgIpc) is 2.78. The second-order valence-corrected chi connectivity index (χ2v) is 9.25. The molecule has 0 radical (unpaired) electrons. The fraction of sp³-hybridized carbons (Fsp3) is 0.364. The Morgan fingerprint density at radius 1 is 0.968 bits per heavy atom. The number of esters is 1. The van der Waals surface area contributed by atoms with Gasteiger partial charge in [0, 0.05) is 19.5 Å². The van der Waals surface area contributed by atoms with Crippen molar-refractivity contribution in [3.05, 3.63) is 65.2 Å². The SMILES string of the molecule is O=C(CCc1ccc(S(=O)(=O)N2CCCCC2)cc1)OCC(=O)c1cc(F)ccc1F. The van der Waals surface area contributed by atoms with Crippen molar-refractivity contribution in [3.63, 3.8) is 0 Å². The standard InChI is InChI=1S/C22H23F2NO5S/c23-17-7-10-20(24)19(14-17)21(26)15-30-22(27)11-6-16-4-8-18(9-5-16)31(28,29)25-12-2-1-3-13-25/h4-5,7-10,14H,1-3,6,11-13,15H2. The van der Waals surface area contributed by atoms with E-state index in [-0.39, 0.29) is 17.7 Å². The summed E-state index contributed by atoms with van der Waals surface area (Å²) in [5.41, 5.74) is 0.260. The number of carbonyl (C=O) groups excluding carboxylic acids is 2. The molecule has 0 saturated carbocycles. The lowest BCUT2D eigenvalue weighted by atomic mass is 10.1. The Hall–Kier alpha value is -2.65. The van der Waals surface area contributed by atoms with Crippen LogP contribution in [0.1, 0.15) is 41.6 Å². The summed E-state index contributed by atoms with van der Waals surface area (Å²) >= 11 is 0. The average molecular weight is 451 g/mol. The van der Waals surface area contributed by atoms with Crippen LogP contribution in [-0.2, 0) is 26.0 Å². The highest BCUT2D eigenvalue weighted by atomic mass is 32.2. The number of benzene rings is 2. The maximum absolute atomic E-state index is 13.6. The number of piperidine rings is 1. The first-order valence-electron chi connectivity index (χ1n) is 10.0. The van der Waals surface area contributed by atoms with Gasteiger partial charge in [-0.15, -0.1) is 0 Å². The predicted octanol–water partition coefficient (Wildman–Crippen LogP) is 3.50. The fourth-order valence-electron chi connectivity index (χ4n) is 3.34. The predicted molar refractivity (Wildman–Crippen MR) is 109 cm³/mol. The molecule has 0 amide bonds. The Morgan fingerprint density at radius 2 is 1.65 bits per heavy atom. The van der Waals surface area contributed by atoms with Crippen LogP contribution in [0.3, 0.4) is 0 Å². The highest BCUT2D eigenvalue weighted by molar-refractivity contribution is 7.89. The van der Waals surface area contributed by atoms with E-state index in [1.165, 1.54) is 16.4 Å². The van der Waals surface area contributed by atoms with Crippen LogP contribution >= 0.6 is 0 Å². The molecule has 3 rings (SSSR count). The Labute approximate surface area is 179 Å². The van der Waals surface area contributed by atoms with Crippen molar-refractivity contribution < 1.29 is 31.5 Å². The molecule has 1 heterocycles. The first kappa shape index (κ1) is 23.0. The van der Waals surface area contributed by atoms with Crippen LogP contribution in [0.5, 0.6) is 0 Å². The highest BCUT2D eigenvalue weighted by Gasteiger charge is 2.25. The molecule has 0 spiro atoms. The number of halogens is 2. The molecule has 1 aliphatic heterocycles. The lowest BCUT2D eigenvalue weighted by Crippen LogP contribution is -2.35. The summed E-state index contributed by atoms with van der Waals surface area (Å²) in [7, 11) is -3.51. The maximum atomic E-state index is 13.6. The summed E-state index contributed by atoms with van der Waals surface area (Å²) in [5, 5.41) is 0. The number of sulfonamides is 1. The van der Waals surface area contributed by atoms with E-state index in [9.17, 15) is 26.8 Å². The molecule has 9 heteroatoms. The van der Waals surface area contributed by atoms with E-state index < -0.39 is 45.6 Å². The molecule has 0 unspecified atom stereocenters. The number of aryl methyl sites for hydroxylation is 1. The van der Waals surface area contributed by atoms with E-state index in [1.807, 2.05) is 0 Å². The van der Waals surface area contributed by atoms with Crippen molar-refractivity contribution in [2.75, 3.05) is 19.7 Å². The van der Waals surface area contributed by atoms with Crippen molar-refractivity contribution in [2.45, 2.75) is 37.0 Å². The smallest absolute Gasteiger partial charge is 0.306 e. The summed E-state index contributed by atoms with van der Waals surface area (Å²) in [5.74, 6) is -3.16.